The van der Waals surface area contributed by atoms with Gasteiger partial charge in [0.15, 0.2) is 0 Å². The molecule has 0 aliphatic carbocycles. The third kappa shape index (κ3) is 3.22. The summed E-state index contributed by atoms with van der Waals surface area (Å²) in [7, 11) is -3.32. The molecular formula is C19H23N3O4S. The van der Waals surface area contributed by atoms with E-state index < -0.39 is 15.4 Å². The average Bonchev–Trinajstić information content (AvgIpc) is 3.07. The van der Waals surface area contributed by atoms with E-state index in [0.29, 0.717) is 31.7 Å². The summed E-state index contributed by atoms with van der Waals surface area (Å²) in [5.41, 5.74) is -0.230. The van der Waals surface area contributed by atoms with Crippen LogP contribution in [0.1, 0.15) is 16.9 Å². The second kappa shape index (κ2) is 6.54. The number of aliphatic hydroxyl groups excluding tert-OH is 1. The molecule has 1 aromatic carbocycles. The Morgan fingerprint density at radius 2 is 2.04 bits per heavy atom. The van der Waals surface area contributed by atoms with Gasteiger partial charge in [-0.25, -0.2) is 12.7 Å². The molecule has 2 saturated heterocycles. The number of benzene rings is 1. The zero-order chi connectivity index (χ0) is 19.2. The first-order chi connectivity index (χ1) is 12.8. The Morgan fingerprint density at radius 1 is 1.30 bits per heavy atom. The number of carbonyl (C=O) groups excluding carboxylic acids is 1. The maximum atomic E-state index is 13.0. The normalized spacial score (nSPS) is 26.3. The van der Waals surface area contributed by atoms with Gasteiger partial charge in [0, 0.05) is 43.2 Å². The van der Waals surface area contributed by atoms with Gasteiger partial charge >= 0.3 is 0 Å². The fourth-order valence-electron chi connectivity index (χ4n) is 4.35. The molecule has 8 heteroatoms. The van der Waals surface area contributed by atoms with Crippen molar-refractivity contribution in [3.63, 3.8) is 0 Å². The molecule has 1 amide bonds. The number of amides is 1. The van der Waals surface area contributed by atoms with Crippen LogP contribution in [0, 0.1) is 11.3 Å². The fraction of sp³-hybridized carbons (Fsp3) is 0.474. The molecule has 0 unspecified atom stereocenters. The van der Waals surface area contributed by atoms with Gasteiger partial charge in [0.05, 0.1) is 12.9 Å². The number of pyridine rings is 1. The van der Waals surface area contributed by atoms with Crippen molar-refractivity contribution in [3.05, 3.63) is 42.2 Å². The van der Waals surface area contributed by atoms with E-state index >= 15 is 0 Å². The third-order valence-electron chi connectivity index (χ3n) is 5.96. The quantitative estimate of drug-likeness (QED) is 0.844. The number of carbonyl (C=O) groups is 1. The van der Waals surface area contributed by atoms with Gasteiger partial charge < -0.3 is 10.0 Å². The Balaban J connectivity index is 1.59. The number of likely N-dealkylation sites (tertiary alicyclic amines) is 1. The highest BCUT2D eigenvalue weighted by Crippen LogP contribution is 2.42. The number of hydrogen-bond acceptors (Lipinski definition) is 5. The average molecular weight is 389 g/mol. The predicted molar refractivity (Wildman–Crippen MR) is 102 cm³/mol. The molecule has 1 aromatic heterocycles. The van der Waals surface area contributed by atoms with Gasteiger partial charge in [-0.05, 0) is 23.8 Å². The number of aromatic nitrogens is 1. The fourth-order valence-corrected chi connectivity index (χ4v) is 5.29. The Kier molecular flexibility index (Phi) is 4.44. The first-order valence-corrected chi connectivity index (χ1v) is 10.9. The van der Waals surface area contributed by atoms with E-state index in [1.165, 1.54) is 10.6 Å². The van der Waals surface area contributed by atoms with Crippen molar-refractivity contribution < 1.29 is 18.3 Å². The van der Waals surface area contributed by atoms with Gasteiger partial charge in [0.2, 0.25) is 10.0 Å². The van der Waals surface area contributed by atoms with Crippen LogP contribution in [-0.4, -0.2) is 72.7 Å². The summed E-state index contributed by atoms with van der Waals surface area (Å²) in [4.78, 5) is 19.0. The van der Waals surface area contributed by atoms with Gasteiger partial charge in [-0.2, -0.15) is 0 Å². The van der Waals surface area contributed by atoms with Crippen LogP contribution in [0.15, 0.2) is 36.5 Å². The molecular weight excluding hydrogens is 366 g/mol. The molecule has 0 saturated carbocycles. The number of nitrogens with zero attached hydrogens (tertiary/aromatic N) is 3. The van der Waals surface area contributed by atoms with Crippen LogP contribution in [0.5, 0.6) is 0 Å². The number of aliphatic hydroxyl groups is 1. The Morgan fingerprint density at radius 3 is 2.74 bits per heavy atom. The second-order valence-electron chi connectivity index (χ2n) is 7.71. The molecule has 0 bridgehead atoms. The Hall–Kier alpha value is -2.03. The molecule has 7 nitrogen and oxygen atoms in total. The van der Waals surface area contributed by atoms with Crippen molar-refractivity contribution in [2.75, 3.05) is 39.0 Å². The highest BCUT2D eigenvalue weighted by Gasteiger charge is 2.52. The summed E-state index contributed by atoms with van der Waals surface area (Å²) < 4.78 is 25.3. The maximum Gasteiger partial charge on any atom is 0.272 e. The molecule has 2 aliphatic rings. The van der Waals surface area contributed by atoms with Gasteiger partial charge in [0.1, 0.15) is 5.69 Å². The van der Waals surface area contributed by atoms with Crippen LogP contribution in [0.3, 0.4) is 0 Å². The lowest BCUT2D eigenvalue weighted by Gasteiger charge is -2.43. The summed E-state index contributed by atoms with van der Waals surface area (Å²) in [5.74, 6) is -0.115. The number of piperidine rings is 1. The van der Waals surface area contributed by atoms with E-state index in [9.17, 15) is 18.3 Å². The Bertz CT molecular complexity index is 993. The summed E-state index contributed by atoms with van der Waals surface area (Å²) in [5, 5.41) is 12.0. The minimum Gasteiger partial charge on any atom is -0.396 e. The van der Waals surface area contributed by atoms with Crippen molar-refractivity contribution >= 4 is 26.7 Å². The number of hydrogen-bond donors (Lipinski definition) is 1. The maximum absolute atomic E-state index is 13.0. The summed E-state index contributed by atoms with van der Waals surface area (Å²) >= 11 is 0. The zero-order valence-electron chi connectivity index (χ0n) is 15.2. The van der Waals surface area contributed by atoms with Crippen LogP contribution < -0.4 is 0 Å². The molecule has 144 valence electrons. The molecule has 27 heavy (non-hydrogen) atoms. The van der Waals surface area contributed by atoms with Gasteiger partial charge in [-0.15, -0.1) is 0 Å². The molecule has 2 aromatic rings. The van der Waals surface area contributed by atoms with Crippen LogP contribution in [-0.2, 0) is 10.0 Å². The molecule has 3 heterocycles. The van der Waals surface area contributed by atoms with Crippen LogP contribution in [0.25, 0.3) is 10.8 Å². The summed E-state index contributed by atoms with van der Waals surface area (Å²) in [6.07, 6.45) is 3.56. The SMILES string of the molecule is CS(=O)(=O)N1C[C@@H]2CCN(C(=O)c3cc4ccccc4cn3)C[C@]2(CO)C1. The Labute approximate surface area is 158 Å². The van der Waals surface area contributed by atoms with Crippen molar-refractivity contribution in [3.8, 4) is 0 Å². The molecule has 0 radical (unpaired) electrons. The van der Waals surface area contributed by atoms with E-state index in [4.69, 9.17) is 0 Å². The summed E-state index contributed by atoms with van der Waals surface area (Å²) in [6.45, 7) is 1.40. The van der Waals surface area contributed by atoms with Crippen molar-refractivity contribution in [1.82, 2.24) is 14.2 Å². The van der Waals surface area contributed by atoms with E-state index in [1.807, 2.05) is 24.3 Å². The second-order valence-corrected chi connectivity index (χ2v) is 9.69. The minimum absolute atomic E-state index is 0.0610. The monoisotopic (exact) mass is 389 g/mol. The topological polar surface area (TPSA) is 90.8 Å². The molecule has 2 aliphatic heterocycles. The first-order valence-electron chi connectivity index (χ1n) is 9.02. The number of rotatable bonds is 3. The minimum atomic E-state index is -3.32. The van der Waals surface area contributed by atoms with Crippen LogP contribution in [0.4, 0.5) is 0 Å². The van der Waals surface area contributed by atoms with Gasteiger partial charge in [-0.1, -0.05) is 24.3 Å². The standard InChI is InChI=1S/C19H23N3O4S/c1-27(25,26)22-10-16-6-7-21(11-19(16,12-22)13-23)18(24)17-8-14-4-2-3-5-15(14)9-20-17/h2-5,8-9,16,23H,6-7,10-13H2,1H3/t16-,19+/m0/s1. The van der Waals surface area contributed by atoms with Gasteiger partial charge in [-0.3, -0.25) is 9.78 Å². The molecule has 1 N–H and O–H groups in total. The predicted octanol–water partition coefficient (Wildman–Crippen LogP) is 0.951. The highest BCUT2D eigenvalue weighted by molar-refractivity contribution is 7.88. The van der Waals surface area contributed by atoms with Gasteiger partial charge in [0.25, 0.3) is 5.91 Å². The van der Waals surface area contributed by atoms with Crippen molar-refractivity contribution in [2.24, 2.45) is 11.3 Å². The lowest BCUT2D eigenvalue weighted by atomic mass is 9.74. The zero-order valence-corrected chi connectivity index (χ0v) is 16.0. The number of fused-ring (bicyclic) bond motifs is 2. The molecule has 2 fully saturated rings. The lowest BCUT2D eigenvalue weighted by Crippen LogP contribution is -2.52. The van der Waals surface area contributed by atoms with E-state index in [0.717, 1.165) is 10.8 Å². The number of sulfonamides is 1. The lowest BCUT2D eigenvalue weighted by molar-refractivity contribution is 0.0126. The highest BCUT2D eigenvalue weighted by atomic mass is 32.2. The largest absolute Gasteiger partial charge is 0.396 e. The van der Waals surface area contributed by atoms with E-state index in [2.05, 4.69) is 4.98 Å². The molecule has 2 atom stereocenters. The first kappa shape index (κ1) is 18.3. The van der Waals surface area contributed by atoms with Crippen LogP contribution >= 0.6 is 0 Å². The van der Waals surface area contributed by atoms with E-state index in [1.54, 1.807) is 17.2 Å². The third-order valence-corrected chi connectivity index (χ3v) is 7.17. The smallest absolute Gasteiger partial charge is 0.272 e. The molecule has 4 rings (SSSR count). The van der Waals surface area contributed by atoms with Crippen LogP contribution in [0.2, 0.25) is 0 Å². The summed E-state index contributed by atoms with van der Waals surface area (Å²) in [6, 6.07) is 9.51. The van der Waals surface area contributed by atoms with Crippen molar-refractivity contribution in [1.29, 1.82) is 0 Å². The molecule has 0 spiro atoms. The van der Waals surface area contributed by atoms with E-state index in [-0.39, 0.29) is 25.0 Å². The van der Waals surface area contributed by atoms with Crippen molar-refractivity contribution in [2.45, 2.75) is 6.42 Å².